The number of hydrogen-bond acceptors (Lipinski definition) is 6. The van der Waals surface area contributed by atoms with Crippen molar-refractivity contribution in [2.24, 2.45) is 0 Å². The Morgan fingerprint density at radius 1 is 1.06 bits per heavy atom. The number of halogens is 3. The first-order valence-corrected chi connectivity index (χ1v) is 12.0. The molecule has 4 rings (SSSR count). The van der Waals surface area contributed by atoms with Crippen molar-refractivity contribution in [1.82, 2.24) is 14.9 Å². The third kappa shape index (κ3) is 6.63. The van der Waals surface area contributed by atoms with E-state index >= 15 is 0 Å². The number of ether oxygens (including phenoxy) is 1. The first kappa shape index (κ1) is 25.7. The van der Waals surface area contributed by atoms with Gasteiger partial charge in [-0.15, -0.1) is 13.2 Å². The first-order chi connectivity index (χ1) is 17.1. The van der Waals surface area contributed by atoms with Crippen molar-refractivity contribution in [3.63, 3.8) is 0 Å². The lowest BCUT2D eigenvalue weighted by atomic mass is 10.1. The number of nitrogens with zero attached hydrogens (tertiary/aromatic N) is 4. The Labute approximate surface area is 208 Å². The van der Waals surface area contributed by atoms with Gasteiger partial charge in [0.05, 0.1) is 11.2 Å². The van der Waals surface area contributed by atoms with E-state index in [4.69, 9.17) is 9.97 Å². The molecule has 1 fully saturated rings. The zero-order valence-corrected chi connectivity index (χ0v) is 20.6. The molecule has 10 heteroatoms. The molecule has 192 valence electrons. The number of piperazine rings is 1. The van der Waals surface area contributed by atoms with E-state index in [9.17, 15) is 18.0 Å². The van der Waals surface area contributed by atoms with Gasteiger partial charge in [-0.05, 0) is 63.1 Å². The topological polar surface area (TPSA) is 70.6 Å². The van der Waals surface area contributed by atoms with E-state index in [0.29, 0.717) is 18.2 Å². The van der Waals surface area contributed by atoms with Crippen LogP contribution in [0.5, 0.6) is 5.75 Å². The van der Waals surface area contributed by atoms with Crippen LogP contribution in [0.2, 0.25) is 0 Å². The summed E-state index contributed by atoms with van der Waals surface area (Å²) in [5.74, 6) is 0.250. The predicted octanol–water partition coefficient (Wildman–Crippen LogP) is 4.94. The van der Waals surface area contributed by atoms with Gasteiger partial charge in [0.25, 0.3) is 0 Å². The Morgan fingerprint density at radius 2 is 1.75 bits per heavy atom. The number of alkyl halides is 3. The minimum absolute atomic E-state index is 0.189. The van der Waals surface area contributed by atoms with Crippen molar-refractivity contribution >= 4 is 28.4 Å². The summed E-state index contributed by atoms with van der Waals surface area (Å²) in [6.07, 6.45) is -4.15. The number of aromatic nitrogens is 2. The van der Waals surface area contributed by atoms with E-state index in [-0.39, 0.29) is 18.1 Å². The molecule has 0 unspecified atom stereocenters. The molecule has 1 N–H and O–H groups in total. The zero-order chi connectivity index (χ0) is 25.9. The second kappa shape index (κ2) is 10.7. The number of fused-ring (bicyclic) bond motifs is 1. The van der Waals surface area contributed by atoms with Gasteiger partial charge in [0, 0.05) is 49.7 Å². The molecular weight excluding hydrogens is 471 g/mol. The molecule has 0 bridgehead atoms. The average Bonchev–Trinajstić information content (AvgIpc) is 2.83. The minimum atomic E-state index is -4.73. The third-order valence-electron chi connectivity index (χ3n) is 6.28. The van der Waals surface area contributed by atoms with Gasteiger partial charge in [0.1, 0.15) is 5.75 Å². The SMILES string of the molecule is Cc1nc(N2CCN(C(C)C)CC2)nc2ccc(NC(=O)CCc3ccc(OC(F)(F)F)cc3)cc12. The van der Waals surface area contributed by atoms with Crippen molar-refractivity contribution in [3.8, 4) is 5.75 Å². The molecule has 0 spiro atoms. The molecule has 2 aromatic carbocycles. The van der Waals surface area contributed by atoms with Crippen LogP contribution in [0.1, 0.15) is 31.5 Å². The lowest BCUT2D eigenvalue weighted by molar-refractivity contribution is -0.274. The van der Waals surface area contributed by atoms with Gasteiger partial charge in [-0.3, -0.25) is 9.69 Å². The van der Waals surface area contributed by atoms with Crippen LogP contribution in [0.25, 0.3) is 10.9 Å². The lowest BCUT2D eigenvalue weighted by Gasteiger charge is -2.37. The highest BCUT2D eigenvalue weighted by Crippen LogP contribution is 2.25. The molecule has 36 heavy (non-hydrogen) atoms. The van der Waals surface area contributed by atoms with Gasteiger partial charge in [-0.25, -0.2) is 9.97 Å². The average molecular weight is 502 g/mol. The van der Waals surface area contributed by atoms with Gasteiger partial charge in [0.2, 0.25) is 11.9 Å². The standard InChI is InChI=1S/C26H30F3N5O2/c1-17(2)33-12-14-34(15-13-33)25-30-18(3)22-16-20(7-10-23(22)32-25)31-24(35)11-6-19-4-8-21(9-5-19)36-26(27,28)29/h4-5,7-10,16-17H,6,11-15H2,1-3H3,(H,31,35). The molecule has 3 aromatic rings. The van der Waals surface area contributed by atoms with Crippen LogP contribution >= 0.6 is 0 Å². The molecule has 1 amide bonds. The summed E-state index contributed by atoms with van der Waals surface area (Å²) >= 11 is 0. The van der Waals surface area contributed by atoms with Gasteiger partial charge in [-0.1, -0.05) is 12.1 Å². The summed E-state index contributed by atoms with van der Waals surface area (Å²) in [6, 6.07) is 11.6. The fraction of sp³-hybridized carbons (Fsp3) is 0.423. The Balaban J connectivity index is 1.35. The zero-order valence-electron chi connectivity index (χ0n) is 20.6. The van der Waals surface area contributed by atoms with E-state index in [1.165, 1.54) is 24.3 Å². The van der Waals surface area contributed by atoms with Crippen molar-refractivity contribution in [3.05, 3.63) is 53.7 Å². The number of hydrogen-bond donors (Lipinski definition) is 1. The quantitative estimate of drug-likeness (QED) is 0.495. The molecule has 1 aliphatic rings. The summed E-state index contributed by atoms with van der Waals surface area (Å²) in [5, 5.41) is 3.76. The van der Waals surface area contributed by atoms with Gasteiger partial charge in [-0.2, -0.15) is 0 Å². The maximum absolute atomic E-state index is 12.5. The number of nitrogens with one attached hydrogen (secondary N) is 1. The van der Waals surface area contributed by atoms with Crippen LogP contribution in [-0.2, 0) is 11.2 Å². The van der Waals surface area contributed by atoms with Crippen molar-refractivity contribution < 1.29 is 22.7 Å². The maximum Gasteiger partial charge on any atom is 0.573 e. The summed E-state index contributed by atoms with van der Waals surface area (Å²) in [7, 11) is 0. The number of benzene rings is 2. The highest BCUT2D eigenvalue weighted by Gasteiger charge is 2.31. The van der Waals surface area contributed by atoms with Gasteiger partial charge in [0.15, 0.2) is 0 Å². The number of aryl methyl sites for hydroxylation is 2. The number of anilines is 2. The third-order valence-corrected chi connectivity index (χ3v) is 6.28. The molecule has 0 radical (unpaired) electrons. The van der Waals surface area contributed by atoms with E-state index in [0.717, 1.165) is 54.3 Å². The summed E-state index contributed by atoms with van der Waals surface area (Å²) < 4.78 is 40.7. The van der Waals surface area contributed by atoms with Crippen molar-refractivity contribution in [2.75, 3.05) is 36.4 Å². The summed E-state index contributed by atoms with van der Waals surface area (Å²) in [6.45, 7) is 10.1. The fourth-order valence-electron chi connectivity index (χ4n) is 4.26. The van der Waals surface area contributed by atoms with Crippen LogP contribution in [0, 0.1) is 6.92 Å². The van der Waals surface area contributed by atoms with Crippen LogP contribution in [0.3, 0.4) is 0 Å². The lowest BCUT2D eigenvalue weighted by Crippen LogP contribution is -2.49. The highest BCUT2D eigenvalue weighted by atomic mass is 19.4. The molecule has 0 saturated carbocycles. The predicted molar refractivity (Wildman–Crippen MR) is 133 cm³/mol. The van der Waals surface area contributed by atoms with Gasteiger partial charge >= 0.3 is 6.36 Å². The van der Waals surface area contributed by atoms with Gasteiger partial charge < -0.3 is 15.0 Å². The minimum Gasteiger partial charge on any atom is -0.406 e. The molecule has 1 aromatic heterocycles. The summed E-state index contributed by atoms with van der Waals surface area (Å²) in [5.41, 5.74) is 3.05. The second-order valence-corrected chi connectivity index (χ2v) is 9.20. The normalized spacial score (nSPS) is 14.9. The number of carbonyl (C=O) groups is 1. The van der Waals surface area contributed by atoms with E-state index in [2.05, 4.69) is 33.7 Å². The molecule has 1 aliphatic heterocycles. The maximum atomic E-state index is 12.5. The molecular formula is C26H30F3N5O2. The Bertz CT molecular complexity index is 1210. The number of rotatable bonds is 7. The van der Waals surface area contributed by atoms with Crippen LogP contribution in [-0.4, -0.2) is 59.4 Å². The highest BCUT2D eigenvalue weighted by molar-refractivity contribution is 5.94. The second-order valence-electron chi connectivity index (χ2n) is 9.20. The van der Waals surface area contributed by atoms with E-state index in [1.54, 1.807) is 0 Å². The van der Waals surface area contributed by atoms with Crippen LogP contribution < -0.4 is 15.0 Å². The number of amides is 1. The van der Waals surface area contributed by atoms with E-state index in [1.807, 2.05) is 25.1 Å². The molecule has 0 atom stereocenters. The smallest absolute Gasteiger partial charge is 0.406 e. The molecule has 0 aliphatic carbocycles. The Kier molecular flexibility index (Phi) is 7.63. The van der Waals surface area contributed by atoms with E-state index < -0.39 is 6.36 Å². The number of carbonyl (C=O) groups excluding carboxylic acids is 1. The van der Waals surface area contributed by atoms with Crippen LogP contribution in [0.4, 0.5) is 24.8 Å². The van der Waals surface area contributed by atoms with Crippen LogP contribution in [0.15, 0.2) is 42.5 Å². The Hall–Kier alpha value is -3.40. The first-order valence-electron chi connectivity index (χ1n) is 12.0. The Morgan fingerprint density at radius 3 is 2.39 bits per heavy atom. The monoisotopic (exact) mass is 501 g/mol. The largest absolute Gasteiger partial charge is 0.573 e. The molecule has 2 heterocycles. The molecule has 1 saturated heterocycles. The molecule has 7 nitrogen and oxygen atoms in total. The summed E-state index contributed by atoms with van der Waals surface area (Å²) in [4.78, 5) is 26.6. The fourth-order valence-corrected chi connectivity index (χ4v) is 4.26. The van der Waals surface area contributed by atoms with Crippen molar-refractivity contribution in [1.29, 1.82) is 0 Å². The van der Waals surface area contributed by atoms with Crippen molar-refractivity contribution in [2.45, 2.75) is 46.0 Å².